The second-order valence-corrected chi connectivity index (χ2v) is 6.61. The van der Waals surface area contributed by atoms with Gasteiger partial charge in [-0.1, -0.05) is 6.07 Å². The summed E-state index contributed by atoms with van der Waals surface area (Å²) < 4.78 is 12.0. The van der Waals surface area contributed by atoms with Crippen LogP contribution in [-0.2, 0) is 20.7 Å². The number of esters is 2. The normalized spacial score (nSPS) is 10.7. The smallest absolute Gasteiger partial charge is 0.308 e. The minimum absolute atomic E-state index is 0.111. The zero-order chi connectivity index (χ0) is 20.8. The molecule has 6 nitrogen and oxygen atoms in total. The highest BCUT2D eigenvalue weighted by Gasteiger charge is 2.17. The molecule has 3 rings (SSSR count). The Hall–Kier alpha value is -3.41. The van der Waals surface area contributed by atoms with E-state index >= 15 is 0 Å². The molecule has 6 heteroatoms. The van der Waals surface area contributed by atoms with Crippen molar-refractivity contribution in [3.8, 4) is 5.75 Å². The summed E-state index contributed by atoms with van der Waals surface area (Å²) in [4.78, 5) is 35.7. The van der Waals surface area contributed by atoms with Gasteiger partial charge in [0, 0.05) is 36.4 Å². The fourth-order valence-electron chi connectivity index (χ4n) is 3.24. The van der Waals surface area contributed by atoms with Crippen LogP contribution in [-0.4, -0.2) is 28.7 Å². The Morgan fingerprint density at radius 1 is 1.03 bits per heavy atom. The van der Waals surface area contributed by atoms with Crippen LogP contribution in [0.2, 0.25) is 0 Å². The van der Waals surface area contributed by atoms with Crippen LogP contribution in [0.5, 0.6) is 5.75 Å². The number of aryl methyl sites for hydroxylation is 1. The molecule has 29 heavy (non-hydrogen) atoms. The van der Waals surface area contributed by atoms with E-state index in [0.29, 0.717) is 42.7 Å². The minimum atomic E-state index is -0.407. The van der Waals surface area contributed by atoms with Crippen LogP contribution in [0.25, 0.3) is 5.52 Å². The van der Waals surface area contributed by atoms with Gasteiger partial charge >= 0.3 is 11.9 Å². The molecule has 0 saturated carbocycles. The van der Waals surface area contributed by atoms with Crippen molar-refractivity contribution in [3.63, 3.8) is 0 Å². The number of benzene rings is 1. The van der Waals surface area contributed by atoms with E-state index < -0.39 is 5.97 Å². The quantitative estimate of drug-likeness (QED) is 0.329. The maximum absolute atomic E-state index is 13.1. The van der Waals surface area contributed by atoms with Gasteiger partial charge in [0.25, 0.3) is 0 Å². The monoisotopic (exact) mass is 393 g/mol. The highest BCUT2D eigenvalue weighted by molar-refractivity contribution is 6.13. The molecule has 2 aromatic heterocycles. The molecule has 0 spiro atoms. The lowest BCUT2D eigenvalue weighted by atomic mass is 10.0. The number of pyridine rings is 1. The van der Waals surface area contributed by atoms with E-state index in [0.717, 1.165) is 11.2 Å². The maximum atomic E-state index is 13.1. The van der Waals surface area contributed by atoms with E-state index in [1.165, 1.54) is 6.92 Å². The second-order valence-electron chi connectivity index (χ2n) is 6.61. The third-order valence-electron chi connectivity index (χ3n) is 4.50. The number of hydrogen-bond donors (Lipinski definition) is 0. The van der Waals surface area contributed by atoms with Gasteiger partial charge in [0.05, 0.1) is 12.1 Å². The van der Waals surface area contributed by atoms with Gasteiger partial charge in [0.1, 0.15) is 5.75 Å². The molecule has 0 fully saturated rings. The highest BCUT2D eigenvalue weighted by Crippen LogP contribution is 2.23. The Labute approximate surface area is 169 Å². The van der Waals surface area contributed by atoms with Gasteiger partial charge in [-0.15, -0.1) is 0 Å². The molecule has 0 aliphatic rings. The lowest BCUT2D eigenvalue weighted by Gasteiger charge is -2.04. The van der Waals surface area contributed by atoms with E-state index in [2.05, 4.69) is 0 Å². The Balaban J connectivity index is 1.82. The van der Waals surface area contributed by atoms with Crippen LogP contribution < -0.4 is 4.74 Å². The Bertz CT molecular complexity index is 1030. The molecular formula is C23H23NO5. The molecule has 0 amide bonds. The topological polar surface area (TPSA) is 74.1 Å². The van der Waals surface area contributed by atoms with Gasteiger partial charge in [-0.05, 0) is 62.2 Å². The lowest BCUT2D eigenvalue weighted by Crippen LogP contribution is -2.04. The number of rotatable bonds is 8. The SMILES string of the molecule is CCOC(=O)CCCc1cc(C(=O)c2ccc(OC(C)=O)cc2)c2ccccn12. The van der Waals surface area contributed by atoms with Crippen LogP contribution in [0.4, 0.5) is 0 Å². The van der Waals surface area contributed by atoms with Gasteiger partial charge in [0.15, 0.2) is 5.78 Å². The zero-order valence-corrected chi connectivity index (χ0v) is 16.5. The summed E-state index contributed by atoms with van der Waals surface area (Å²) in [6, 6.07) is 14.1. The van der Waals surface area contributed by atoms with Gasteiger partial charge < -0.3 is 13.9 Å². The first-order valence-electron chi connectivity index (χ1n) is 9.57. The standard InChI is InChI=1S/C23H23NO5/c1-3-28-22(26)9-6-7-18-15-20(21-8-4-5-14-24(18)21)23(27)17-10-12-19(13-11-17)29-16(2)25/h4-5,8,10-15H,3,6-7,9H2,1-2H3. The number of carbonyl (C=O) groups is 3. The molecule has 0 bridgehead atoms. The number of ketones is 1. The van der Waals surface area contributed by atoms with Crippen molar-refractivity contribution in [2.75, 3.05) is 6.61 Å². The molecule has 2 heterocycles. The summed E-state index contributed by atoms with van der Waals surface area (Å²) in [5, 5.41) is 0. The summed E-state index contributed by atoms with van der Waals surface area (Å²) in [5.41, 5.74) is 2.88. The van der Waals surface area contributed by atoms with E-state index in [-0.39, 0.29) is 11.8 Å². The third kappa shape index (κ3) is 4.90. The molecule has 3 aromatic rings. The minimum Gasteiger partial charge on any atom is -0.466 e. The Kier molecular flexibility index (Phi) is 6.44. The predicted octanol–water partition coefficient (Wildman–Crippen LogP) is 3.98. The van der Waals surface area contributed by atoms with Crippen molar-refractivity contribution < 1.29 is 23.9 Å². The van der Waals surface area contributed by atoms with Gasteiger partial charge in [0.2, 0.25) is 0 Å². The number of nitrogens with zero attached hydrogens (tertiary/aromatic N) is 1. The van der Waals surface area contributed by atoms with Crippen molar-refractivity contribution >= 4 is 23.2 Å². The molecule has 0 N–H and O–H groups in total. The van der Waals surface area contributed by atoms with Crippen LogP contribution in [0.3, 0.4) is 0 Å². The Morgan fingerprint density at radius 2 is 1.79 bits per heavy atom. The fraction of sp³-hybridized carbons (Fsp3) is 0.261. The number of ether oxygens (including phenoxy) is 2. The molecular weight excluding hydrogens is 370 g/mol. The van der Waals surface area contributed by atoms with Crippen LogP contribution in [0, 0.1) is 0 Å². The lowest BCUT2D eigenvalue weighted by molar-refractivity contribution is -0.143. The second kappa shape index (κ2) is 9.19. The van der Waals surface area contributed by atoms with E-state index in [4.69, 9.17) is 9.47 Å². The van der Waals surface area contributed by atoms with Crippen molar-refractivity contribution in [2.45, 2.75) is 33.1 Å². The average Bonchev–Trinajstić information content (AvgIpc) is 3.07. The third-order valence-corrected chi connectivity index (χ3v) is 4.50. The maximum Gasteiger partial charge on any atom is 0.308 e. The zero-order valence-electron chi connectivity index (χ0n) is 16.5. The summed E-state index contributed by atoms with van der Waals surface area (Å²) >= 11 is 0. The summed E-state index contributed by atoms with van der Waals surface area (Å²) in [6.07, 6.45) is 3.55. The predicted molar refractivity (Wildman–Crippen MR) is 108 cm³/mol. The van der Waals surface area contributed by atoms with Gasteiger partial charge in [-0.25, -0.2) is 0 Å². The number of fused-ring (bicyclic) bond motifs is 1. The summed E-state index contributed by atoms with van der Waals surface area (Å²) in [5.74, 6) is -0.331. The number of aromatic nitrogens is 1. The first kappa shape index (κ1) is 20.3. The summed E-state index contributed by atoms with van der Waals surface area (Å²) in [6.45, 7) is 3.49. The van der Waals surface area contributed by atoms with Crippen LogP contribution in [0.15, 0.2) is 54.7 Å². The Morgan fingerprint density at radius 3 is 2.48 bits per heavy atom. The van der Waals surface area contributed by atoms with Crippen molar-refractivity contribution in [2.24, 2.45) is 0 Å². The van der Waals surface area contributed by atoms with Crippen LogP contribution >= 0.6 is 0 Å². The number of hydrogen-bond acceptors (Lipinski definition) is 5. The first-order chi connectivity index (χ1) is 14.0. The molecule has 0 aliphatic heterocycles. The molecule has 0 atom stereocenters. The van der Waals surface area contributed by atoms with Crippen molar-refractivity contribution in [1.82, 2.24) is 4.40 Å². The largest absolute Gasteiger partial charge is 0.466 e. The molecule has 150 valence electrons. The van der Waals surface area contributed by atoms with Gasteiger partial charge in [-0.3, -0.25) is 14.4 Å². The van der Waals surface area contributed by atoms with Crippen molar-refractivity contribution in [1.29, 1.82) is 0 Å². The van der Waals surface area contributed by atoms with E-state index in [9.17, 15) is 14.4 Å². The number of carbonyl (C=O) groups excluding carboxylic acids is 3. The first-order valence-corrected chi connectivity index (χ1v) is 9.57. The van der Waals surface area contributed by atoms with E-state index in [1.54, 1.807) is 31.2 Å². The summed E-state index contributed by atoms with van der Waals surface area (Å²) in [7, 11) is 0. The van der Waals surface area contributed by atoms with Crippen molar-refractivity contribution in [3.05, 3.63) is 71.5 Å². The average molecular weight is 393 g/mol. The molecule has 0 radical (unpaired) electrons. The molecule has 0 unspecified atom stereocenters. The highest BCUT2D eigenvalue weighted by atomic mass is 16.5. The molecule has 1 aromatic carbocycles. The molecule has 0 aliphatic carbocycles. The fourth-order valence-corrected chi connectivity index (χ4v) is 3.24. The molecule has 0 saturated heterocycles. The van der Waals surface area contributed by atoms with E-state index in [1.807, 2.05) is 34.9 Å². The van der Waals surface area contributed by atoms with Gasteiger partial charge in [-0.2, -0.15) is 0 Å². The van der Waals surface area contributed by atoms with Crippen LogP contribution in [0.1, 0.15) is 48.3 Å².